The van der Waals surface area contributed by atoms with Crippen molar-refractivity contribution in [2.45, 2.75) is 32.3 Å². The van der Waals surface area contributed by atoms with Gasteiger partial charge in [-0.1, -0.05) is 19.1 Å². The topological polar surface area (TPSA) is 24.5 Å². The number of rotatable bonds is 7. The monoisotopic (exact) mass is 280 g/mol. The molecule has 0 aliphatic carbocycles. The highest BCUT2D eigenvalue weighted by atomic mass is 19.1. The second kappa shape index (κ2) is 8.22. The Labute approximate surface area is 121 Å². The van der Waals surface area contributed by atoms with Gasteiger partial charge in [0.1, 0.15) is 5.82 Å². The van der Waals surface area contributed by atoms with Crippen molar-refractivity contribution in [3.05, 3.63) is 30.1 Å². The Balaban J connectivity index is 1.70. The molecule has 1 aliphatic rings. The van der Waals surface area contributed by atoms with Crippen molar-refractivity contribution < 1.29 is 9.13 Å². The van der Waals surface area contributed by atoms with E-state index in [1.165, 1.54) is 12.5 Å². The zero-order valence-corrected chi connectivity index (χ0v) is 12.3. The van der Waals surface area contributed by atoms with Crippen molar-refractivity contribution in [1.82, 2.24) is 4.90 Å². The van der Waals surface area contributed by atoms with Crippen LogP contribution in [0.1, 0.15) is 26.2 Å². The molecule has 112 valence electrons. The fourth-order valence-corrected chi connectivity index (χ4v) is 2.59. The lowest BCUT2D eigenvalue weighted by atomic mass is 10.1. The van der Waals surface area contributed by atoms with Gasteiger partial charge in [0.2, 0.25) is 0 Å². The maximum absolute atomic E-state index is 13.5. The van der Waals surface area contributed by atoms with Crippen LogP contribution in [0.15, 0.2) is 24.3 Å². The van der Waals surface area contributed by atoms with Crippen LogP contribution >= 0.6 is 0 Å². The third-order valence-corrected chi connectivity index (χ3v) is 3.64. The smallest absolute Gasteiger partial charge is 0.146 e. The number of ether oxygens (including phenoxy) is 1. The molecule has 1 aromatic rings. The standard InChI is InChI=1S/C16H25FN2O/c1-2-12-20-14-6-5-10-19(13-14)11-9-18-16-8-4-3-7-15(16)17/h3-4,7-8,14,18H,2,5-6,9-13H2,1H3. The number of halogens is 1. The van der Waals surface area contributed by atoms with Crippen LogP contribution in [-0.4, -0.2) is 43.8 Å². The molecule has 1 fully saturated rings. The zero-order valence-electron chi connectivity index (χ0n) is 12.3. The van der Waals surface area contributed by atoms with Crippen molar-refractivity contribution >= 4 is 5.69 Å². The van der Waals surface area contributed by atoms with Crippen molar-refractivity contribution in [2.75, 3.05) is 38.1 Å². The van der Waals surface area contributed by atoms with Crippen LogP contribution in [0.25, 0.3) is 0 Å². The zero-order chi connectivity index (χ0) is 14.2. The SMILES string of the molecule is CCCOC1CCCN(CCNc2ccccc2F)C1. The predicted molar refractivity (Wildman–Crippen MR) is 80.6 cm³/mol. The summed E-state index contributed by atoms with van der Waals surface area (Å²) in [5, 5.41) is 3.16. The maximum Gasteiger partial charge on any atom is 0.146 e. The first kappa shape index (κ1) is 15.3. The van der Waals surface area contributed by atoms with Gasteiger partial charge in [0.05, 0.1) is 11.8 Å². The van der Waals surface area contributed by atoms with Crippen LogP contribution in [0.2, 0.25) is 0 Å². The number of para-hydroxylation sites is 1. The molecule has 3 nitrogen and oxygen atoms in total. The molecule has 1 heterocycles. The fraction of sp³-hybridized carbons (Fsp3) is 0.625. The van der Waals surface area contributed by atoms with Crippen LogP contribution in [-0.2, 0) is 4.74 Å². The molecular formula is C16H25FN2O. The van der Waals surface area contributed by atoms with E-state index in [-0.39, 0.29) is 5.82 Å². The van der Waals surface area contributed by atoms with E-state index in [2.05, 4.69) is 17.1 Å². The molecule has 1 aliphatic heterocycles. The predicted octanol–water partition coefficient (Wildman–Crippen LogP) is 3.13. The Hall–Kier alpha value is -1.13. The normalized spacial score (nSPS) is 20.0. The average molecular weight is 280 g/mol. The maximum atomic E-state index is 13.5. The van der Waals surface area contributed by atoms with Crippen LogP contribution in [0.4, 0.5) is 10.1 Å². The molecule has 1 atom stereocenters. The van der Waals surface area contributed by atoms with Gasteiger partial charge in [0, 0.05) is 26.2 Å². The molecule has 0 radical (unpaired) electrons. The van der Waals surface area contributed by atoms with E-state index in [1.54, 1.807) is 12.1 Å². The van der Waals surface area contributed by atoms with Gasteiger partial charge < -0.3 is 10.1 Å². The lowest BCUT2D eigenvalue weighted by Gasteiger charge is -2.32. The summed E-state index contributed by atoms with van der Waals surface area (Å²) in [6.07, 6.45) is 3.80. The Morgan fingerprint density at radius 1 is 1.40 bits per heavy atom. The number of nitrogens with zero attached hydrogens (tertiary/aromatic N) is 1. The lowest BCUT2D eigenvalue weighted by molar-refractivity contribution is 0.00110. The lowest BCUT2D eigenvalue weighted by Crippen LogP contribution is -2.41. The van der Waals surface area contributed by atoms with Gasteiger partial charge in [-0.15, -0.1) is 0 Å². The quantitative estimate of drug-likeness (QED) is 0.830. The Morgan fingerprint density at radius 2 is 2.25 bits per heavy atom. The Kier molecular flexibility index (Phi) is 6.27. The molecule has 0 saturated carbocycles. The van der Waals surface area contributed by atoms with E-state index in [0.717, 1.165) is 45.6 Å². The van der Waals surface area contributed by atoms with Crippen LogP contribution < -0.4 is 5.32 Å². The van der Waals surface area contributed by atoms with E-state index >= 15 is 0 Å². The van der Waals surface area contributed by atoms with Crippen molar-refractivity contribution in [3.63, 3.8) is 0 Å². The van der Waals surface area contributed by atoms with Crippen LogP contribution in [0, 0.1) is 5.82 Å². The molecule has 0 amide bonds. The third kappa shape index (κ3) is 4.76. The number of hydrogen-bond donors (Lipinski definition) is 1. The average Bonchev–Trinajstić information content (AvgIpc) is 2.48. The summed E-state index contributed by atoms with van der Waals surface area (Å²) < 4.78 is 19.3. The molecule has 1 unspecified atom stereocenters. The number of benzene rings is 1. The van der Waals surface area contributed by atoms with E-state index in [9.17, 15) is 4.39 Å². The van der Waals surface area contributed by atoms with Gasteiger partial charge in [-0.05, 0) is 37.9 Å². The first-order valence-electron chi connectivity index (χ1n) is 7.62. The minimum atomic E-state index is -0.185. The molecule has 1 N–H and O–H groups in total. The Bertz CT molecular complexity index is 400. The fourth-order valence-electron chi connectivity index (χ4n) is 2.59. The highest BCUT2D eigenvalue weighted by Gasteiger charge is 2.19. The molecule has 1 saturated heterocycles. The van der Waals surface area contributed by atoms with E-state index in [0.29, 0.717) is 11.8 Å². The Morgan fingerprint density at radius 3 is 3.05 bits per heavy atom. The number of piperidine rings is 1. The number of likely N-dealkylation sites (tertiary alicyclic amines) is 1. The van der Waals surface area contributed by atoms with Gasteiger partial charge in [0.15, 0.2) is 0 Å². The summed E-state index contributed by atoms with van der Waals surface area (Å²) in [6, 6.07) is 6.82. The summed E-state index contributed by atoms with van der Waals surface area (Å²) in [5.74, 6) is -0.185. The minimum Gasteiger partial charge on any atom is -0.381 e. The molecular weight excluding hydrogens is 255 g/mol. The first-order chi connectivity index (χ1) is 9.79. The van der Waals surface area contributed by atoms with Gasteiger partial charge in [-0.25, -0.2) is 4.39 Å². The van der Waals surface area contributed by atoms with Gasteiger partial charge in [0.25, 0.3) is 0 Å². The first-order valence-corrected chi connectivity index (χ1v) is 7.62. The third-order valence-electron chi connectivity index (χ3n) is 3.64. The second-order valence-electron chi connectivity index (χ2n) is 5.34. The van der Waals surface area contributed by atoms with Crippen LogP contribution in [0.5, 0.6) is 0 Å². The van der Waals surface area contributed by atoms with E-state index in [1.807, 2.05) is 6.07 Å². The summed E-state index contributed by atoms with van der Waals surface area (Å²) in [7, 11) is 0. The summed E-state index contributed by atoms with van der Waals surface area (Å²) in [4.78, 5) is 2.40. The van der Waals surface area contributed by atoms with Crippen LogP contribution in [0.3, 0.4) is 0 Å². The second-order valence-corrected chi connectivity index (χ2v) is 5.34. The number of hydrogen-bond acceptors (Lipinski definition) is 3. The molecule has 0 spiro atoms. The highest BCUT2D eigenvalue weighted by molar-refractivity contribution is 5.44. The van der Waals surface area contributed by atoms with E-state index in [4.69, 9.17) is 4.74 Å². The number of anilines is 1. The van der Waals surface area contributed by atoms with Gasteiger partial charge in [-0.3, -0.25) is 4.90 Å². The number of nitrogens with one attached hydrogen (secondary N) is 1. The van der Waals surface area contributed by atoms with Crippen molar-refractivity contribution in [1.29, 1.82) is 0 Å². The van der Waals surface area contributed by atoms with Crippen molar-refractivity contribution in [3.8, 4) is 0 Å². The van der Waals surface area contributed by atoms with Gasteiger partial charge >= 0.3 is 0 Å². The summed E-state index contributed by atoms with van der Waals surface area (Å²) in [6.45, 7) is 6.80. The molecule has 1 aromatic carbocycles. The summed E-state index contributed by atoms with van der Waals surface area (Å²) in [5.41, 5.74) is 0.586. The summed E-state index contributed by atoms with van der Waals surface area (Å²) >= 11 is 0. The largest absolute Gasteiger partial charge is 0.381 e. The van der Waals surface area contributed by atoms with Crippen molar-refractivity contribution in [2.24, 2.45) is 0 Å². The molecule has 0 aromatic heterocycles. The van der Waals surface area contributed by atoms with Gasteiger partial charge in [-0.2, -0.15) is 0 Å². The molecule has 2 rings (SSSR count). The molecule has 20 heavy (non-hydrogen) atoms. The van der Waals surface area contributed by atoms with E-state index < -0.39 is 0 Å². The molecule has 0 bridgehead atoms. The highest BCUT2D eigenvalue weighted by Crippen LogP contribution is 2.14. The minimum absolute atomic E-state index is 0.185. The molecule has 4 heteroatoms.